The van der Waals surface area contributed by atoms with Gasteiger partial charge in [-0.1, -0.05) is 30.3 Å². The minimum Gasteiger partial charge on any atom is -1.00 e. The quantitative estimate of drug-likeness (QED) is 0.623. The van der Waals surface area contributed by atoms with Crippen molar-refractivity contribution in [3.05, 3.63) is 76.0 Å². The van der Waals surface area contributed by atoms with Gasteiger partial charge in [-0.3, -0.25) is 4.79 Å². The van der Waals surface area contributed by atoms with Crippen LogP contribution >= 0.6 is 0 Å². The Morgan fingerprint density at radius 3 is 2.35 bits per heavy atom. The van der Waals surface area contributed by atoms with Crippen molar-refractivity contribution in [2.75, 3.05) is 6.54 Å². The Balaban J connectivity index is 0.00000192. The van der Waals surface area contributed by atoms with Crippen LogP contribution in [-0.4, -0.2) is 16.3 Å². The predicted octanol–water partition coefficient (Wildman–Crippen LogP) is -1.63. The molecular formula is C17H17ClFN3O. The molecule has 1 heterocycles. The molecule has 3 aromatic rings. The van der Waals surface area contributed by atoms with Gasteiger partial charge in [-0.25, -0.2) is 9.07 Å². The van der Waals surface area contributed by atoms with Crippen LogP contribution < -0.4 is 23.7 Å². The number of halogens is 2. The van der Waals surface area contributed by atoms with Crippen LogP contribution in [0.4, 0.5) is 4.39 Å². The Morgan fingerprint density at radius 1 is 1.04 bits per heavy atom. The van der Waals surface area contributed by atoms with Gasteiger partial charge < -0.3 is 18.1 Å². The molecule has 0 aliphatic heterocycles. The van der Waals surface area contributed by atoms with Gasteiger partial charge in [0.15, 0.2) is 0 Å². The van der Waals surface area contributed by atoms with E-state index in [9.17, 15) is 9.18 Å². The Morgan fingerprint density at radius 2 is 1.70 bits per heavy atom. The van der Waals surface area contributed by atoms with Gasteiger partial charge in [-0.15, -0.1) is 0 Å². The third-order valence-electron chi connectivity index (χ3n) is 3.60. The first-order valence-electron chi connectivity index (χ1n) is 7.21. The number of quaternary nitrogens is 1. The van der Waals surface area contributed by atoms with Gasteiger partial charge in [0.25, 0.3) is 5.56 Å². The van der Waals surface area contributed by atoms with Crippen molar-refractivity contribution in [1.82, 2.24) is 9.78 Å². The molecule has 4 nitrogen and oxygen atoms in total. The molecule has 6 heteroatoms. The third-order valence-corrected chi connectivity index (χ3v) is 3.60. The molecule has 0 saturated carbocycles. The average Bonchev–Trinajstić information content (AvgIpc) is 2.54. The maximum absolute atomic E-state index is 13.0. The van der Waals surface area contributed by atoms with E-state index in [4.69, 9.17) is 0 Å². The van der Waals surface area contributed by atoms with E-state index in [0.29, 0.717) is 24.9 Å². The highest BCUT2D eigenvalue weighted by molar-refractivity contribution is 5.83. The maximum Gasteiger partial charge on any atom is 0.274 e. The fourth-order valence-electron chi connectivity index (χ4n) is 2.53. The first-order valence-corrected chi connectivity index (χ1v) is 7.21. The second kappa shape index (κ2) is 7.35. The first-order chi connectivity index (χ1) is 10.7. The van der Waals surface area contributed by atoms with Crippen LogP contribution in [0.5, 0.6) is 0 Å². The topological polar surface area (TPSA) is 62.5 Å². The van der Waals surface area contributed by atoms with E-state index in [2.05, 4.69) is 10.8 Å². The molecule has 2 aromatic carbocycles. The molecule has 0 unspecified atom stereocenters. The summed E-state index contributed by atoms with van der Waals surface area (Å²) in [6.45, 7) is 1.08. The zero-order valence-corrected chi connectivity index (χ0v) is 13.3. The van der Waals surface area contributed by atoms with E-state index in [1.54, 1.807) is 12.1 Å². The van der Waals surface area contributed by atoms with Gasteiger partial charge in [0.05, 0.1) is 24.2 Å². The summed E-state index contributed by atoms with van der Waals surface area (Å²) in [4.78, 5) is 12.4. The van der Waals surface area contributed by atoms with E-state index in [1.165, 1.54) is 16.8 Å². The van der Waals surface area contributed by atoms with Gasteiger partial charge in [0.1, 0.15) is 5.82 Å². The molecule has 3 N–H and O–H groups in total. The first kappa shape index (κ1) is 17.1. The van der Waals surface area contributed by atoms with Crippen LogP contribution in [0.1, 0.15) is 11.3 Å². The SMILES string of the molecule is [Cl-].[NH3+]CCn1nc(Cc2ccc(F)cc2)c2ccccc2c1=O. The van der Waals surface area contributed by atoms with Gasteiger partial charge in [0.2, 0.25) is 0 Å². The molecule has 23 heavy (non-hydrogen) atoms. The lowest BCUT2D eigenvalue weighted by Crippen LogP contribution is -3.00. The summed E-state index contributed by atoms with van der Waals surface area (Å²) >= 11 is 0. The molecule has 0 spiro atoms. The van der Waals surface area contributed by atoms with Gasteiger partial charge in [-0.2, -0.15) is 5.10 Å². The van der Waals surface area contributed by atoms with Crippen LogP contribution in [0.15, 0.2) is 53.3 Å². The van der Waals surface area contributed by atoms with Crippen LogP contribution in [0, 0.1) is 5.82 Å². The minimum absolute atomic E-state index is 0. The number of nitrogens with zero attached hydrogens (tertiary/aromatic N) is 2. The molecule has 0 bridgehead atoms. The number of hydrogen-bond acceptors (Lipinski definition) is 2. The smallest absolute Gasteiger partial charge is 0.274 e. The normalized spacial score (nSPS) is 10.5. The lowest BCUT2D eigenvalue weighted by Gasteiger charge is -2.10. The molecule has 0 radical (unpaired) electrons. The van der Waals surface area contributed by atoms with Crippen molar-refractivity contribution >= 4 is 10.8 Å². The summed E-state index contributed by atoms with van der Waals surface area (Å²) in [5, 5.41) is 5.98. The Hall–Kier alpha value is -2.24. The third kappa shape index (κ3) is 3.57. The maximum atomic E-state index is 13.0. The van der Waals surface area contributed by atoms with E-state index < -0.39 is 0 Å². The minimum atomic E-state index is -0.261. The van der Waals surface area contributed by atoms with E-state index >= 15 is 0 Å². The summed E-state index contributed by atoms with van der Waals surface area (Å²) in [6.07, 6.45) is 0.554. The van der Waals surface area contributed by atoms with Crippen molar-refractivity contribution < 1.29 is 22.5 Å². The van der Waals surface area contributed by atoms with E-state index in [1.807, 2.05) is 24.3 Å². The molecule has 120 valence electrons. The zero-order valence-electron chi connectivity index (χ0n) is 12.5. The Labute approximate surface area is 139 Å². The molecule has 0 atom stereocenters. The molecule has 3 rings (SSSR count). The van der Waals surface area contributed by atoms with Crippen LogP contribution in [0.2, 0.25) is 0 Å². The van der Waals surface area contributed by atoms with Crippen LogP contribution in [0.3, 0.4) is 0 Å². The molecular weight excluding hydrogens is 317 g/mol. The monoisotopic (exact) mass is 333 g/mol. The second-order valence-electron chi connectivity index (χ2n) is 5.18. The second-order valence-corrected chi connectivity index (χ2v) is 5.18. The Bertz CT molecular complexity index is 862. The standard InChI is InChI=1S/C17H16FN3O.ClH/c18-13-7-5-12(6-8-13)11-16-14-3-1-2-4-15(14)17(22)21(20-16)10-9-19;/h1-8H,9-11,19H2;1H. The number of hydrogen-bond donors (Lipinski definition) is 1. The lowest BCUT2D eigenvalue weighted by molar-refractivity contribution is -0.370. The number of benzene rings is 2. The molecule has 0 fully saturated rings. The van der Waals surface area contributed by atoms with Gasteiger partial charge >= 0.3 is 0 Å². The fourth-order valence-corrected chi connectivity index (χ4v) is 2.53. The van der Waals surface area contributed by atoms with Crippen molar-refractivity contribution in [2.24, 2.45) is 0 Å². The summed E-state index contributed by atoms with van der Waals surface area (Å²) < 4.78 is 14.5. The number of fused-ring (bicyclic) bond motifs is 1. The fraction of sp³-hybridized carbons (Fsp3) is 0.176. The molecule has 0 saturated heterocycles. The van der Waals surface area contributed by atoms with E-state index in [-0.39, 0.29) is 23.8 Å². The van der Waals surface area contributed by atoms with Crippen molar-refractivity contribution in [3.8, 4) is 0 Å². The molecule has 0 amide bonds. The number of rotatable bonds is 4. The molecule has 1 aromatic heterocycles. The largest absolute Gasteiger partial charge is 1.00 e. The number of aromatic nitrogens is 2. The predicted molar refractivity (Wildman–Crippen MR) is 83.0 cm³/mol. The molecule has 0 aliphatic carbocycles. The highest BCUT2D eigenvalue weighted by atomic mass is 35.5. The Kier molecular flexibility index (Phi) is 5.47. The summed E-state index contributed by atoms with van der Waals surface area (Å²) in [5.74, 6) is -0.261. The summed E-state index contributed by atoms with van der Waals surface area (Å²) in [6, 6.07) is 13.8. The van der Waals surface area contributed by atoms with Crippen molar-refractivity contribution in [1.29, 1.82) is 0 Å². The van der Waals surface area contributed by atoms with Crippen LogP contribution in [-0.2, 0) is 13.0 Å². The zero-order chi connectivity index (χ0) is 15.5. The van der Waals surface area contributed by atoms with E-state index in [0.717, 1.165) is 16.6 Å². The lowest BCUT2D eigenvalue weighted by atomic mass is 10.0. The van der Waals surface area contributed by atoms with Crippen LogP contribution in [0.25, 0.3) is 10.8 Å². The molecule has 0 aliphatic rings. The van der Waals surface area contributed by atoms with Gasteiger partial charge in [0, 0.05) is 11.8 Å². The van der Waals surface area contributed by atoms with Crippen molar-refractivity contribution in [2.45, 2.75) is 13.0 Å². The highest BCUT2D eigenvalue weighted by Gasteiger charge is 2.10. The average molecular weight is 334 g/mol. The summed E-state index contributed by atoms with van der Waals surface area (Å²) in [7, 11) is 0. The highest BCUT2D eigenvalue weighted by Crippen LogP contribution is 2.17. The van der Waals surface area contributed by atoms with Crippen molar-refractivity contribution in [3.63, 3.8) is 0 Å². The van der Waals surface area contributed by atoms with Gasteiger partial charge in [-0.05, 0) is 23.8 Å². The summed E-state index contributed by atoms with van der Waals surface area (Å²) in [5.41, 5.74) is 5.46.